The van der Waals surface area contributed by atoms with Crippen molar-refractivity contribution < 1.29 is 14.5 Å². The fourth-order valence-electron chi connectivity index (χ4n) is 2.49. The predicted molar refractivity (Wildman–Crippen MR) is 100 cm³/mol. The molecule has 8 nitrogen and oxygen atoms in total. The topological polar surface area (TPSA) is 99.3 Å². The smallest absolute Gasteiger partial charge is 0.269 e. The molecule has 0 aliphatic heterocycles. The number of nitrogens with zero attached hydrogens (tertiary/aromatic N) is 3. The second kappa shape index (κ2) is 7.69. The minimum absolute atomic E-state index is 0.0157. The van der Waals surface area contributed by atoms with E-state index in [1.807, 2.05) is 18.2 Å². The largest absolute Gasteiger partial charge is 0.481 e. The first-order valence-electron chi connectivity index (χ1n) is 8.28. The Hall–Kier alpha value is -3.68. The Kier molecular flexibility index (Phi) is 5.16. The molecule has 0 spiro atoms. The summed E-state index contributed by atoms with van der Waals surface area (Å²) in [5, 5.41) is 17.9. The first kappa shape index (κ1) is 18.1. The number of rotatable bonds is 6. The van der Waals surface area contributed by atoms with Gasteiger partial charge in [-0.2, -0.15) is 5.10 Å². The molecule has 0 radical (unpaired) electrons. The molecular formula is C19H18N4O4. The van der Waals surface area contributed by atoms with Crippen molar-refractivity contribution in [2.24, 2.45) is 0 Å². The molecule has 1 unspecified atom stereocenters. The number of amides is 1. The second-order valence-corrected chi connectivity index (χ2v) is 5.92. The van der Waals surface area contributed by atoms with Gasteiger partial charge in [-0.25, -0.2) is 4.68 Å². The van der Waals surface area contributed by atoms with Crippen molar-refractivity contribution >= 4 is 17.4 Å². The van der Waals surface area contributed by atoms with Crippen molar-refractivity contribution in [1.29, 1.82) is 0 Å². The number of nitrogens with one attached hydrogen (secondary N) is 1. The first-order chi connectivity index (χ1) is 12.9. The van der Waals surface area contributed by atoms with Gasteiger partial charge in [-0.1, -0.05) is 18.2 Å². The molecule has 1 aromatic heterocycles. The molecule has 1 atom stereocenters. The number of nitro benzene ring substituents is 1. The fraction of sp³-hybridized carbons (Fsp3) is 0.158. The molecule has 1 N–H and O–H groups in total. The highest BCUT2D eigenvalue weighted by Gasteiger charge is 2.18. The Morgan fingerprint density at radius 2 is 1.85 bits per heavy atom. The highest BCUT2D eigenvalue weighted by molar-refractivity contribution is 5.93. The number of anilines is 1. The highest BCUT2D eigenvalue weighted by atomic mass is 16.6. The van der Waals surface area contributed by atoms with Crippen LogP contribution in [0, 0.1) is 17.0 Å². The number of non-ortho nitro benzene ring substituents is 1. The van der Waals surface area contributed by atoms with Gasteiger partial charge in [0, 0.05) is 18.2 Å². The quantitative estimate of drug-likeness (QED) is 0.532. The zero-order chi connectivity index (χ0) is 19.4. The third kappa shape index (κ3) is 4.30. The molecule has 27 heavy (non-hydrogen) atoms. The van der Waals surface area contributed by atoms with Crippen molar-refractivity contribution in [2.45, 2.75) is 20.0 Å². The van der Waals surface area contributed by atoms with E-state index in [1.54, 1.807) is 44.2 Å². The molecule has 0 saturated heterocycles. The van der Waals surface area contributed by atoms with Crippen LogP contribution in [0.4, 0.5) is 11.5 Å². The number of carbonyl (C=O) groups excluding carboxylic acids is 1. The average Bonchev–Trinajstić information content (AvgIpc) is 3.02. The summed E-state index contributed by atoms with van der Waals surface area (Å²) < 4.78 is 7.15. The molecule has 0 fully saturated rings. The third-order valence-electron chi connectivity index (χ3n) is 3.81. The van der Waals surface area contributed by atoms with Crippen LogP contribution in [0.1, 0.15) is 12.6 Å². The lowest BCUT2D eigenvalue weighted by Crippen LogP contribution is -2.30. The van der Waals surface area contributed by atoms with E-state index < -0.39 is 11.0 Å². The summed E-state index contributed by atoms with van der Waals surface area (Å²) in [4.78, 5) is 22.8. The minimum Gasteiger partial charge on any atom is -0.481 e. The summed E-state index contributed by atoms with van der Waals surface area (Å²) >= 11 is 0. The van der Waals surface area contributed by atoms with Gasteiger partial charge in [0.25, 0.3) is 11.6 Å². The summed E-state index contributed by atoms with van der Waals surface area (Å²) in [6.07, 6.45) is -0.715. The number of carbonyl (C=O) groups is 1. The highest BCUT2D eigenvalue weighted by Crippen LogP contribution is 2.20. The molecule has 3 rings (SSSR count). The van der Waals surface area contributed by atoms with Gasteiger partial charge in [-0.15, -0.1) is 0 Å². The summed E-state index contributed by atoms with van der Waals surface area (Å²) in [6.45, 7) is 3.45. The number of hydrogen-bond donors (Lipinski definition) is 1. The van der Waals surface area contributed by atoms with Gasteiger partial charge >= 0.3 is 0 Å². The number of benzene rings is 2. The van der Waals surface area contributed by atoms with Gasteiger partial charge in [-0.3, -0.25) is 14.9 Å². The molecule has 8 heteroatoms. The van der Waals surface area contributed by atoms with E-state index in [2.05, 4.69) is 10.4 Å². The molecule has 0 aliphatic rings. The van der Waals surface area contributed by atoms with Crippen LogP contribution < -0.4 is 10.1 Å². The molecule has 138 valence electrons. The Morgan fingerprint density at radius 3 is 2.48 bits per heavy atom. The van der Waals surface area contributed by atoms with Crippen LogP contribution in [0.3, 0.4) is 0 Å². The van der Waals surface area contributed by atoms with Crippen LogP contribution in [0.5, 0.6) is 5.75 Å². The van der Waals surface area contributed by atoms with E-state index in [-0.39, 0.29) is 11.6 Å². The molecule has 1 heterocycles. The molecule has 0 bridgehead atoms. The Labute approximate surface area is 155 Å². The van der Waals surface area contributed by atoms with Gasteiger partial charge in [0.1, 0.15) is 11.6 Å². The maximum absolute atomic E-state index is 12.5. The molecule has 0 saturated carbocycles. The normalized spacial score (nSPS) is 11.6. The summed E-state index contributed by atoms with van der Waals surface area (Å²) in [7, 11) is 0. The van der Waals surface area contributed by atoms with Crippen LogP contribution >= 0.6 is 0 Å². The summed E-state index contributed by atoms with van der Waals surface area (Å²) in [5.74, 6) is 0.719. The van der Waals surface area contributed by atoms with Crippen molar-refractivity contribution in [1.82, 2.24) is 9.78 Å². The van der Waals surface area contributed by atoms with Gasteiger partial charge in [-0.05, 0) is 38.1 Å². The van der Waals surface area contributed by atoms with Gasteiger partial charge < -0.3 is 10.1 Å². The van der Waals surface area contributed by atoms with Crippen LogP contribution in [0.2, 0.25) is 0 Å². The molecule has 0 aliphatic carbocycles. The molecule has 3 aromatic rings. The number of ether oxygens (including phenoxy) is 1. The van der Waals surface area contributed by atoms with E-state index in [4.69, 9.17) is 4.74 Å². The Bertz CT molecular complexity index is 952. The molecule has 1 amide bonds. The van der Waals surface area contributed by atoms with Crippen LogP contribution in [-0.2, 0) is 4.79 Å². The number of para-hydroxylation sites is 1. The van der Waals surface area contributed by atoms with E-state index in [0.717, 1.165) is 0 Å². The molecular weight excluding hydrogens is 348 g/mol. The van der Waals surface area contributed by atoms with E-state index in [1.165, 1.54) is 16.8 Å². The number of aryl methyl sites for hydroxylation is 1. The monoisotopic (exact) mass is 366 g/mol. The standard InChI is InChI=1S/C19H18N4O4/c1-13-12-18(20-19(24)14(2)27-17-6-4-3-5-7-17)22(21-13)15-8-10-16(11-9-15)23(25)26/h3-12,14H,1-2H3,(H,20,24). The van der Waals surface area contributed by atoms with Crippen molar-refractivity contribution in [3.05, 3.63) is 76.5 Å². The third-order valence-corrected chi connectivity index (χ3v) is 3.81. The van der Waals surface area contributed by atoms with Crippen molar-refractivity contribution in [3.63, 3.8) is 0 Å². The lowest BCUT2D eigenvalue weighted by Gasteiger charge is -2.15. The lowest BCUT2D eigenvalue weighted by atomic mass is 10.3. The zero-order valence-electron chi connectivity index (χ0n) is 14.8. The average molecular weight is 366 g/mol. The summed E-state index contributed by atoms with van der Waals surface area (Å²) in [5.41, 5.74) is 1.28. The van der Waals surface area contributed by atoms with Crippen molar-refractivity contribution in [2.75, 3.05) is 5.32 Å². The van der Waals surface area contributed by atoms with Gasteiger partial charge in [0.2, 0.25) is 0 Å². The van der Waals surface area contributed by atoms with Gasteiger partial charge in [0.05, 0.1) is 16.3 Å². The van der Waals surface area contributed by atoms with Gasteiger partial charge in [0.15, 0.2) is 6.10 Å². The predicted octanol–water partition coefficient (Wildman–Crippen LogP) is 3.49. The molecule has 2 aromatic carbocycles. The van der Waals surface area contributed by atoms with Crippen LogP contribution in [0.15, 0.2) is 60.7 Å². The zero-order valence-corrected chi connectivity index (χ0v) is 14.8. The number of nitro groups is 1. The fourth-order valence-corrected chi connectivity index (χ4v) is 2.49. The SMILES string of the molecule is Cc1cc(NC(=O)C(C)Oc2ccccc2)n(-c2ccc([N+](=O)[O-])cc2)n1. The summed E-state index contributed by atoms with van der Waals surface area (Å²) in [6, 6.07) is 16.7. The van der Waals surface area contributed by atoms with E-state index in [9.17, 15) is 14.9 Å². The second-order valence-electron chi connectivity index (χ2n) is 5.92. The number of aromatic nitrogens is 2. The minimum atomic E-state index is -0.715. The Balaban J connectivity index is 1.77. The lowest BCUT2D eigenvalue weighted by molar-refractivity contribution is -0.384. The van der Waals surface area contributed by atoms with Crippen molar-refractivity contribution in [3.8, 4) is 11.4 Å². The van der Waals surface area contributed by atoms with E-state index in [0.29, 0.717) is 22.9 Å². The Morgan fingerprint density at radius 1 is 1.19 bits per heavy atom. The maximum atomic E-state index is 12.5. The maximum Gasteiger partial charge on any atom is 0.269 e. The number of hydrogen-bond acceptors (Lipinski definition) is 5. The van der Waals surface area contributed by atoms with E-state index >= 15 is 0 Å². The first-order valence-corrected chi connectivity index (χ1v) is 8.28. The van der Waals surface area contributed by atoms with Crippen LogP contribution in [-0.4, -0.2) is 26.7 Å². The van der Waals surface area contributed by atoms with Crippen LogP contribution in [0.25, 0.3) is 5.69 Å².